The van der Waals surface area contributed by atoms with E-state index in [0.717, 1.165) is 28.0 Å². The number of para-hydroxylation sites is 2. The van der Waals surface area contributed by atoms with E-state index < -0.39 is 22.0 Å². The summed E-state index contributed by atoms with van der Waals surface area (Å²) in [5, 5.41) is 0. The molecule has 0 unspecified atom stereocenters. The van der Waals surface area contributed by atoms with Crippen molar-refractivity contribution in [1.82, 2.24) is 14.3 Å². The monoisotopic (exact) mass is 463 g/mol. The molecule has 1 aromatic heterocycles. The molecule has 4 rings (SSSR count). The SMILES string of the molecule is COC(=O)[C@H](Cc1ccccc1)NS(=O)(=O)c1ccc(Cn2c(C)nc3ccccc32)cc1. The van der Waals surface area contributed by atoms with Crippen LogP contribution in [-0.2, 0) is 32.5 Å². The zero-order chi connectivity index (χ0) is 23.4. The van der Waals surface area contributed by atoms with Gasteiger partial charge in [0.2, 0.25) is 10.0 Å². The smallest absolute Gasteiger partial charge is 0.324 e. The maximum absolute atomic E-state index is 13.0. The molecular weight excluding hydrogens is 438 g/mol. The van der Waals surface area contributed by atoms with Crippen molar-refractivity contribution < 1.29 is 17.9 Å². The third-order valence-corrected chi connectivity index (χ3v) is 6.97. The molecule has 0 amide bonds. The summed E-state index contributed by atoms with van der Waals surface area (Å²) >= 11 is 0. The first-order valence-corrected chi connectivity index (χ1v) is 12.0. The third-order valence-electron chi connectivity index (χ3n) is 5.49. The lowest BCUT2D eigenvalue weighted by molar-refractivity contribution is -0.142. The predicted molar refractivity (Wildman–Crippen MR) is 126 cm³/mol. The molecule has 4 aromatic rings. The fourth-order valence-electron chi connectivity index (χ4n) is 3.77. The number of aromatic nitrogens is 2. The summed E-state index contributed by atoms with van der Waals surface area (Å²) in [4.78, 5) is 16.9. The fraction of sp³-hybridized carbons (Fsp3) is 0.200. The molecule has 1 N–H and O–H groups in total. The van der Waals surface area contributed by atoms with Gasteiger partial charge in [0, 0.05) is 6.54 Å². The second-order valence-electron chi connectivity index (χ2n) is 7.76. The number of hydrogen-bond acceptors (Lipinski definition) is 5. The average Bonchev–Trinajstić information content (AvgIpc) is 3.14. The molecule has 0 radical (unpaired) electrons. The zero-order valence-electron chi connectivity index (χ0n) is 18.4. The minimum Gasteiger partial charge on any atom is -0.468 e. The van der Waals surface area contributed by atoms with E-state index in [0.29, 0.717) is 6.54 Å². The van der Waals surface area contributed by atoms with Gasteiger partial charge >= 0.3 is 5.97 Å². The number of nitrogens with zero attached hydrogens (tertiary/aromatic N) is 2. The summed E-state index contributed by atoms with van der Waals surface area (Å²) in [6, 6.07) is 22.7. The van der Waals surface area contributed by atoms with Gasteiger partial charge in [-0.3, -0.25) is 4.79 Å². The van der Waals surface area contributed by atoms with Crippen molar-refractivity contribution in [2.24, 2.45) is 0 Å². The number of fused-ring (bicyclic) bond motifs is 1. The third kappa shape index (κ3) is 5.13. The van der Waals surface area contributed by atoms with Crippen molar-refractivity contribution in [3.05, 3.63) is 95.8 Å². The summed E-state index contributed by atoms with van der Waals surface area (Å²) in [7, 11) is -2.69. The molecule has 33 heavy (non-hydrogen) atoms. The van der Waals surface area contributed by atoms with Gasteiger partial charge in [0.25, 0.3) is 0 Å². The molecule has 0 fully saturated rings. The molecule has 1 heterocycles. The lowest BCUT2D eigenvalue weighted by Gasteiger charge is -2.17. The number of hydrogen-bond donors (Lipinski definition) is 1. The first-order chi connectivity index (χ1) is 15.9. The normalized spacial score (nSPS) is 12.5. The van der Waals surface area contributed by atoms with Crippen LogP contribution >= 0.6 is 0 Å². The Hall–Kier alpha value is -3.49. The van der Waals surface area contributed by atoms with Crippen LogP contribution in [0.3, 0.4) is 0 Å². The Balaban J connectivity index is 1.53. The number of imidazole rings is 1. The van der Waals surface area contributed by atoms with Crippen molar-refractivity contribution in [3.8, 4) is 0 Å². The van der Waals surface area contributed by atoms with E-state index in [-0.39, 0.29) is 11.3 Å². The quantitative estimate of drug-likeness (QED) is 0.404. The molecule has 0 aliphatic carbocycles. The maximum Gasteiger partial charge on any atom is 0.324 e. The van der Waals surface area contributed by atoms with E-state index in [9.17, 15) is 13.2 Å². The van der Waals surface area contributed by atoms with Gasteiger partial charge in [-0.2, -0.15) is 4.72 Å². The molecule has 0 spiro atoms. The van der Waals surface area contributed by atoms with Crippen LogP contribution in [0, 0.1) is 6.92 Å². The Morgan fingerprint density at radius 3 is 2.33 bits per heavy atom. The van der Waals surface area contributed by atoms with Gasteiger partial charge in [-0.05, 0) is 48.7 Å². The van der Waals surface area contributed by atoms with Gasteiger partial charge in [0.15, 0.2) is 0 Å². The number of aryl methyl sites for hydroxylation is 1. The average molecular weight is 464 g/mol. The van der Waals surface area contributed by atoms with Crippen LogP contribution < -0.4 is 4.72 Å². The minimum atomic E-state index is -3.93. The number of carbonyl (C=O) groups excluding carboxylic acids is 1. The molecule has 170 valence electrons. The number of benzene rings is 3. The van der Waals surface area contributed by atoms with Crippen LogP contribution in [-0.4, -0.2) is 37.1 Å². The van der Waals surface area contributed by atoms with Crippen LogP contribution in [0.5, 0.6) is 0 Å². The Morgan fingerprint density at radius 1 is 0.970 bits per heavy atom. The lowest BCUT2D eigenvalue weighted by atomic mass is 10.1. The standard InChI is InChI=1S/C25H25N3O4S/c1-18-26-22-10-6-7-11-24(22)28(18)17-20-12-14-21(15-13-20)33(30,31)27-23(25(29)32-2)16-19-8-4-3-5-9-19/h3-15,23,27H,16-17H2,1-2H3/t23-/m0/s1. The highest BCUT2D eigenvalue weighted by Crippen LogP contribution is 2.19. The molecular formula is C25H25N3O4S. The number of methoxy groups -OCH3 is 1. The van der Waals surface area contributed by atoms with Crippen LogP contribution in [0.1, 0.15) is 17.0 Å². The van der Waals surface area contributed by atoms with Gasteiger partial charge in [-0.25, -0.2) is 13.4 Å². The van der Waals surface area contributed by atoms with Crippen molar-refractivity contribution in [2.45, 2.75) is 30.8 Å². The van der Waals surface area contributed by atoms with E-state index in [1.54, 1.807) is 24.3 Å². The number of rotatable bonds is 8. The predicted octanol–water partition coefficient (Wildman–Crippen LogP) is 3.46. The molecule has 0 saturated heterocycles. The summed E-state index contributed by atoms with van der Waals surface area (Å²) < 4.78 is 35.3. The Kier molecular flexibility index (Phi) is 6.57. The molecule has 1 atom stereocenters. The molecule has 0 aliphatic heterocycles. The lowest BCUT2D eigenvalue weighted by Crippen LogP contribution is -2.42. The highest BCUT2D eigenvalue weighted by atomic mass is 32.2. The second-order valence-corrected chi connectivity index (χ2v) is 9.48. The van der Waals surface area contributed by atoms with Gasteiger partial charge in [0.05, 0.1) is 23.0 Å². The Morgan fingerprint density at radius 2 is 1.64 bits per heavy atom. The number of carbonyl (C=O) groups is 1. The summed E-state index contributed by atoms with van der Waals surface area (Å²) in [6.45, 7) is 2.52. The first kappa shape index (κ1) is 22.7. The van der Waals surface area contributed by atoms with E-state index in [1.807, 2.05) is 61.5 Å². The van der Waals surface area contributed by atoms with Crippen molar-refractivity contribution in [3.63, 3.8) is 0 Å². The highest BCUT2D eigenvalue weighted by Gasteiger charge is 2.26. The topological polar surface area (TPSA) is 90.3 Å². The Bertz CT molecular complexity index is 1360. The van der Waals surface area contributed by atoms with E-state index >= 15 is 0 Å². The highest BCUT2D eigenvalue weighted by molar-refractivity contribution is 7.89. The van der Waals surface area contributed by atoms with Crippen LogP contribution in [0.2, 0.25) is 0 Å². The molecule has 0 bridgehead atoms. The van der Waals surface area contributed by atoms with Gasteiger partial charge < -0.3 is 9.30 Å². The number of esters is 1. The van der Waals surface area contributed by atoms with E-state index in [1.165, 1.54) is 7.11 Å². The van der Waals surface area contributed by atoms with Gasteiger partial charge in [-0.15, -0.1) is 0 Å². The van der Waals surface area contributed by atoms with Gasteiger partial charge in [-0.1, -0.05) is 54.6 Å². The largest absolute Gasteiger partial charge is 0.468 e. The summed E-state index contributed by atoms with van der Waals surface area (Å²) in [5.41, 5.74) is 3.71. The molecule has 3 aromatic carbocycles. The zero-order valence-corrected chi connectivity index (χ0v) is 19.2. The first-order valence-electron chi connectivity index (χ1n) is 10.5. The van der Waals surface area contributed by atoms with Crippen LogP contribution in [0.25, 0.3) is 11.0 Å². The second kappa shape index (κ2) is 9.56. The van der Waals surface area contributed by atoms with E-state index in [4.69, 9.17) is 4.74 Å². The summed E-state index contributed by atoms with van der Waals surface area (Å²) in [5.74, 6) is 0.248. The number of ether oxygens (including phenoxy) is 1. The Labute approximate surface area is 193 Å². The molecule has 0 aliphatic rings. The van der Waals surface area contributed by atoms with Gasteiger partial charge in [0.1, 0.15) is 11.9 Å². The van der Waals surface area contributed by atoms with Crippen molar-refractivity contribution in [1.29, 1.82) is 0 Å². The van der Waals surface area contributed by atoms with Crippen molar-refractivity contribution >= 4 is 27.0 Å². The van der Waals surface area contributed by atoms with Crippen molar-refractivity contribution in [2.75, 3.05) is 7.11 Å². The molecule has 7 nitrogen and oxygen atoms in total. The van der Waals surface area contributed by atoms with Crippen LogP contribution in [0.4, 0.5) is 0 Å². The summed E-state index contributed by atoms with van der Waals surface area (Å²) in [6.07, 6.45) is 0.192. The maximum atomic E-state index is 13.0. The van der Waals surface area contributed by atoms with E-state index in [2.05, 4.69) is 14.3 Å². The number of sulfonamides is 1. The fourth-order valence-corrected chi connectivity index (χ4v) is 4.96. The minimum absolute atomic E-state index is 0.0837. The molecule has 0 saturated carbocycles. The van der Waals surface area contributed by atoms with Crippen LogP contribution in [0.15, 0.2) is 83.8 Å². The molecule has 8 heteroatoms. The number of nitrogens with one attached hydrogen (secondary N) is 1.